The molecule has 0 radical (unpaired) electrons. The van der Waals surface area contributed by atoms with Gasteiger partial charge in [0.1, 0.15) is 6.10 Å². The average molecular weight is 198 g/mol. The second-order valence-electron chi connectivity index (χ2n) is 4.87. The molecule has 0 aromatic heterocycles. The van der Waals surface area contributed by atoms with Crippen LogP contribution in [0.25, 0.3) is 0 Å². The van der Waals surface area contributed by atoms with Gasteiger partial charge >= 0.3 is 0 Å². The van der Waals surface area contributed by atoms with Gasteiger partial charge in [-0.15, -0.1) is 0 Å². The number of hydrogen-bond donors (Lipinski definition) is 0. The van der Waals surface area contributed by atoms with E-state index in [1.165, 1.54) is 25.7 Å². The Kier molecular flexibility index (Phi) is 3.45. The summed E-state index contributed by atoms with van der Waals surface area (Å²) in [5.41, 5.74) is 0. The molecule has 4 atom stereocenters. The van der Waals surface area contributed by atoms with Crippen molar-refractivity contribution in [1.82, 2.24) is 0 Å². The molecular formula is C12H22O2. The Morgan fingerprint density at radius 1 is 1.36 bits per heavy atom. The molecule has 2 aliphatic rings. The molecule has 2 fully saturated rings. The summed E-state index contributed by atoms with van der Waals surface area (Å²) >= 11 is 0. The first-order valence-electron chi connectivity index (χ1n) is 6.02. The summed E-state index contributed by atoms with van der Waals surface area (Å²) in [7, 11) is 0. The van der Waals surface area contributed by atoms with Crippen LogP contribution in [0.1, 0.15) is 39.5 Å². The first-order chi connectivity index (χ1) is 6.79. The summed E-state index contributed by atoms with van der Waals surface area (Å²) in [5.74, 6) is 1.78. The predicted octanol–water partition coefficient (Wildman–Crippen LogP) is 2.62. The zero-order chi connectivity index (χ0) is 9.97. The van der Waals surface area contributed by atoms with Crippen molar-refractivity contribution in [3.05, 3.63) is 0 Å². The highest BCUT2D eigenvalue weighted by Gasteiger charge is 2.29. The highest BCUT2D eigenvalue weighted by atomic mass is 16.6. The van der Waals surface area contributed by atoms with Gasteiger partial charge in [-0.25, -0.2) is 0 Å². The van der Waals surface area contributed by atoms with E-state index in [4.69, 9.17) is 9.47 Å². The molecule has 2 heteroatoms. The molecule has 0 aromatic rings. The molecule has 0 N–H and O–H groups in total. The monoisotopic (exact) mass is 198 g/mol. The van der Waals surface area contributed by atoms with E-state index in [-0.39, 0.29) is 0 Å². The molecule has 1 heterocycles. The second-order valence-corrected chi connectivity index (χ2v) is 4.87. The Morgan fingerprint density at radius 2 is 2.14 bits per heavy atom. The topological polar surface area (TPSA) is 21.8 Å². The van der Waals surface area contributed by atoms with Crippen molar-refractivity contribution in [1.29, 1.82) is 0 Å². The Morgan fingerprint density at radius 3 is 2.71 bits per heavy atom. The molecular weight excluding hydrogens is 176 g/mol. The molecule has 0 aromatic carbocycles. The van der Waals surface area contributed by atoms with Gasteiger partial charge in [-0.1, -0.05) is 20.3 Å². The maximum atomic E-state index is 5.85. The third-order valence-corrected chi connectivity index (χ3v) is 3.74. The lowest BCUT2D eigenvalue weighted by Crippen LogP contribution is -2.28. The minimum Gasteiger partial charge on any atom is -0.375 e. The van der Waals surface area contributed by atoms with E-state index in [2.05, 4.69) is 13.8 Å². The van der Waals surface area contributed by atoms with Gasteiger partial charge in [0.15, 0.2) is 0 Å². The highest BCUT2D eigenvalue weighted by molar-refractivity contribution is 4.78. The van der Waals surface area contributed by atoms with E-state index >= 15 is 0 Å². The molecule has 0 bridgehead atoms. The third-order valence-electron chi connectivity index (χ3n) is 3.74. The Hall–Kier alpha value is -0.0800. The van der Waals surface area contributed by atoms with Crippen LogP contribution in [0, 0.1) is 11.8 Å². The van der Waals surface area contributed by atoms with Crippen molar-refractivity contribution >= 4 is 0 Å². The lowest BCUT2D eigenvalue weighted by molar-refractivity contribution is -0.00676. The smallest absolute Gasteiger partial charge is 0.104 e. The van der Waals surface area contributed by atoms with Crippen LogP contribution in [0.15, 0.2) is 0 Å². The van der Waals surface area contributed by atoms with Gasteiger partial charge in [0.05, 0.1) is 19.3 Å². The van der Waals surface area contributed by atoms with Gasteiger partial charge in [-0.05, 0) is 31.1 Å². The van der Waals surface area contributed by atoms with Crippen molar-refractivity contribution < 1.29 is 9.47 Å². The lowest BCUT2D eigenvalue weighted by atomic mass is 9.78. The third kappa shape index (κ3) is 2.71. The van der Waals surface area contributed by atoms with Gasteiger partial charge in [-0.3, -0.25) is 0 Å². The molecule has 2 nitrogen and oxygen atoms in total. The normalized spacial score (nSPS) is 42.4. The summed E-state index contributed by atoms with van der Waals surface area (Å²) in [5, 5.41) is 0. The van der Waals surface area contributed by atoms with Crippen molar-refractivity contribution in [2.75, 3.05) is 13.2 Å². The molecule has 1 aliphatic heterocycles. The second kappa shape index (κ2) is 4.63. The van der Waals surface area contributed by atoms with Crippen LogP contribution in [0.2, 0.25) is 0 Å². The van der Waals surface area contributed by atoms with Crippen LogP contribution in [-0.4, -0.2) is 25.4 Å². The first-order valence-corrected chi connectivity index (χ1v) is 6.02. The van der Waals surface area contributed by atoms with E-state index in [9.17, 15) is 0 Å². The van der Waals surface area contributed by atoms with Gasteiger partial charge in [-0.2, -0.15) is 0 Å². The zero-order valence-corrected chi connectivity index (χ0v) is 9.37. The minimum atomic E-state index is 0.425. The maximum absolute atomic E-state index is 5.85. The summed E-state index contributed by atoms with van der Waals surface area (Å²) < 4.78 is 11.0. The molecule has 2 rings (SSSR count). The molecule has 82 valence electrons. The van der Waals surface area contributed by atoms with E-state index < -0.39 is 0 Å². The van der Waals surface area contributed by atoms with Crippen LogP contribution < -0.4 is 0 Å². The van der Waals surface area contributed by atoms with Crippen molar-refractivity contribution in [2.24, 2.45) is 11.8 Å². The Balaban J connectivity index is 1.68. The van der Waals surface area contributed by atoms with E-state index in [1.807, 2.05) is 0 Å². The zero-order valence-electron chi connectivity index (χ0n) is 9.37. The van der Waals surface area contributed by atoms with E-state index in [0.717, 1.165) is 25.0 Å². The molecule has 4 unspecified atom stereocenters. The largest absolute Gasteiger partial charge is 0.375 e. The van der Waals surface area contributed by atoms with Crippen LogP contribution in [0.5, 0.6) is 0 Å². The number of rotatable bonds is 4. The lowest BCUT2D eigenvalue weighted by Gasteiger charge is -2.33. The molecule has 14 heavy (non-hydrogen) atoms. The summed E-state index contributed by atoms with van der Waals surface area (Å²) in [6, 6.07) is 0. The minimum absolute atomic E-state index is 0.425. The van der Waals surface area contributed by atoms with Crippen LogP contribution in [0.3, 0.4) is 0 Å². The quantitative estimate of drug-likeness (QED) is 0.648. The van der Waals surface area contributed by atoms with Crippen molar-refractivity contribution in [2.45, 2.75) is 51.7 Å². The van der Waals surface area contributed by atoms with Crippen molar-refractivity contribution in [3.8, 4) is 0 Å². The Bertz CT molecular complexity index is 177. The highest BCUT2D eigenvalue weighted by Crippen LogP contribution is 2.33. The Labute approximate surface area is 87.0 Å². The van der Waals surface area contributed by atoms with Gasteiger partial charge in [0, 0.05) is 0 Å². The number of epoxide rings is 1. The van der Waals surface area contributed by atoms with Crippen LogP contribution >= 0.6 is 0 Å². The molecule has 1 saturated carbocycles. The van der Waals surface area contributed by atoms with Gasteiger partial charge < -0.3 is 9.47 Å². The molecule has 0 spiro atoms. The standard InChI is InChI=1S/C12H22O2/c1-3-10-4-5-11(6-9(10)2)13-7-12-8-14-12/h9-12H,3-8H2,1-2H3. The average Bonchev–Trinajstić information content (AvgIpc) is 2.98. The van der Waals surface area contributed by atoms with Crippen molar-refractivity contribution in [3.63, 3.8) is 0 Å². The first kappa shape index (κ1) is 10.4. The van der Waals surface area contributed by atoms with Gasteiger partial charge in [0.2, 0.25) is 0 Å². The fraction of sp³-hybridized carbons (Fsp3) is 1.00. The summed E-state index contributed by atoms with van der Waals surface area (Å²) in [4.78, 5) is 0. The van der Waals surface area contributed by atoms with E-state index in [1.54, 1.807) is 0 Å². The summed E-state index contributed by atoms with van der Waals surface area (Å²) in [6.45, 7) is 6.42. The number of hydrogen-bond acceptors (Lipinski definition) is 2. The van der Waals surface area contributed by atoms with E-state index in [0.29, 0.717) is 12.2 Å². The fourth-order valence-corrected chi connectivity index (χ4v) is 2.58. The fourth-order valence-electron chi connectivity index (χ4n) is 2.58. The predicted molar refractivity (Wildman–Crippen MR) is 56.3 cm³/mol. The summed E-state index contributed by atoms with van der Waals surface area (Å²) in [6.07, 6.45) is 6.14. The number of ether oxygens (including phenoxy) is 2. The molecule has 1 saturated heterocycles. The SMILES string of the molecule is CCC1CCC(OCC2CO2)CC1C. The molecule has 0 amide bonds. The van der Waals surface area contributed by atoms with Gasteiger partial charge in [0.25, 0.3) is 0 Å². The van der Waals surface area contributed by atoms with Crippen LogP contribution in [-0.2, 0) is 9.47 Å². The molecule has 1 aliphatic carbocycles. The van der Waals surface area contributed by atoms with Crippen LogP contribution in [0.4, 0.5) is 0 Å². The maximum Gasteiger partial charge on any atom is 0.104 e.